The number of aryl methyl sites for hydroxylation is 1. The SMILES string of the molecule is CCC(NS(=O)(=O)c1cc(N)c(C)cc1F)c1nccs1. The van der Waals surface area contributed by atoms with E-state index < -0.39 is 26.8 Å². The van der Waals surface area contributed by atoms with E-state index in [0.29, 0.717) is 17.0 Å². The van der Waals surface area contributed by atoms with Crippen LogP contribution in [-0.4, -0.2) is 13.4 Å². The Morgan fingerprint density at radius 3 is 2.76 bits per heavy atom. The number of thiazole rings is 1. The normalized spacial score (nSPS) is 13.3. The Balaban J connectivity index is 2.36. The van der Waals surface area contributed by atoms with Crippen molar-refractivity contribution in [3.05, 3.63) is 40.1 Å². The fourth-order valence-corrected chi connectivity index (χ4v) is 4.07. The molecule has 1 atom stereocenters. The number of nitrogens with zero attached hydrogens (tertiary/aromatic N) is 1. The molecule has 0 radical (unpaired) electrons. The Bertz CT molecular complexity index is 730. The van der Waals surface area contributed by atoms with E-state index in [-0.39, 0.29) is 5.69 Å². The maximum Gasteiger partial charge on any atom is 0.244 e. The Kier molecular flexibility index (Phi) is 4.60. The molecule has 0 saturated heterocycles. The smallest absolute Gasteiger partial charge is 0.244 e. The lowest BCUT2D eigenvalue weighted by Gasteiger charge is -2.16. The molecule has 1 unspecified atom stereocenters. The first kappa shape index (κ1) is 15.9. The number of sulfonamides is 1. The van der Waals surface area contributed by atoms with Crippen LogP contribution < -0.4 is 10.5 Å². The van der Waals surface area contributed by atoms with Crippen molar-refractivity contribution < 1.29 is 12.8 Å². The first-order valence-electron chi connectivity index (χ1n) is 6.32. The van der Waals surface area contributed by atoms with Gasteiger partial charge in [-0.05, 0) is 31.0 Å². The number of anilines is 1. The minimum atomic E-state index is -4.01. The number of hydrogen-bond acceptors (Lipinski definition) is 5. The molecule has 1 aromatic carbocycles. The molecule has 2 aromatic rings. The highest BCUT2D eigenvalue weighted by atomic mass is 32.2. The minimum absolute atomic E-state index is 0.235. The first-order chi connectivity index (χ1) is 9.85. The molecule has 2 rings (SSSR count). The number of rotatable bonds is 5. The van der Waals surface area contributed by atoms with Gasteiger partial charge in [-0.2, -0.15) is 0 Å². The third-order valence-corrected chi connectivity index (χ3v) is 5.44. The summed E-state index contributed by atoms with van der Waals surface area (Å²) in [4.78, 5) is 3.65. The molecule has 0 aliphatic rings. The lowest BCUT2D eigenvalue weighted by Crippen LogP contribution is -2.29. The van der Waals surface area contributed by atoms with Gasteiger partial charge in [0.2, 0.25) is 10.0 Å². The molecular weight excluding hydrogens is 313 g/mol. The average Bonchev–Trinajstić information content (AvgIpc) is 2.94. The van der Waals surface area contributed by atoms with Gasteiger partial charge in [0.05, 0.1) is 6.04 Å². The van der Waals surface area contributed by atoms with Gasteiger partial charge in [0.15, 0.2) is 0 Å². The summed E-state index contributed by atoms with van der Waals surface area (Å²) in [7, 11) is -4.01. The molecule has 3 N–H and O–H groups in total. The quantitative estimate of drug-likeness (QED) is 0.826. The zero-order valence-corrected chi connectivity index (χ0v) is 13.3. The van der Waals surface area contributed by atoms with Gasteiger partial charge in [-0.1, -0.05) is 6.92 Å². The van der Waals surface area contributed by atoms with Crippen molar-refractivity contribution in [2.45, 2.75) is 31.2 Å². The lowest BCUT2D eigenvalue weighted by molar-refractivity contribution is 0.534. The number of nitrogen functional groups attached to an aromatic ring is 1. The second kappa shape index (κ2) is 6.08. The Hall–Kier alpha value is -1.51. The summed E-state index contributed by atoms with van der Waals surface area (Å²) in [5.41, 5.74) is 6.41. The van der Waals surface area contributed by atoms with Crippen molar-refractivity contribution in [3.8, 4) is 0 Å². The van der Waals surface area contributed by atoms with Crippen LogP contribution in [0.2, 0.25) is 0 Å². The molecule has 0 fully saturated rings. The maximum atomic E-state index is 13.9. The second-order valence-electron chi connectivity index (χ2n) is 4.59. The molecule has 0 amide bonds. The fourth-order valence-electron chi connectivity index (χ4n) is 1.84. The summed E-state index contributed by atoms with van der Waals surface area (Å²) in [6.45, 7) is 3.45. The summed E-state index contributed by atoms with van der Waals surface area (Å²) in [6.07, 6.45) is 2.11. The topological polar surface area (TPSA) is 85.1 Å². The zero-order valence-electron chi connectivity index (χ0n) is 11.6. The molecule has 0 aliphatic carbocycles. The molecule has 1 aromatic heterocycles. The van der Waals surface area contributed by atoms with Gasteiger partial charge in [0.25, 0.3) is 0 Å². The number of nitrogens with two attached hydrogens (primary N) is 1. The molecule has 0 aliphatic heterocycles. The second-order valence-corrected chi connectivity index (χ2v) is 7.20. The van der Waals surface area contributed by atoms with Crippen LogP contribution in [0.4, 0.5) is 10.1 Å². The summed E-state index contributed by atoms with van der Waals surface area (Å²) in [6, 6.07) is 1.77. The number of aromatic nitrogens is 1. The molecular formula is C13H16FN3O2S2. The van der Waals surface area contributed by atoms with E-state index in [4.69, 9.17) is 5.73 Å². The fraction of sp³-hybridized carbons (Fsp3) is 0.308. The molecule has 5 nitrogen and oxygen atoms in total. The molecule has 0 spiro atoms. The number of nitrogens with one attached hydrogen (secondary N) is 1. The van der Waals surface area contributed by atoms with Gasteiger partial charge in [0.1, 0.15) is 15.7 Å². The average molecular weight is 329 g/mol. The van der Waals surface area contributed by atoms with E-state index in [1.807, 2.05) is 6.92 Å². The van der Waals surface area contributed by atoms with E-state index >= 15 is 0 Å². The van der Waals surface area contributed by atoms with Crippen LogP contribution in [0.3, 0.4) is 0 Å². The van der Waals surface area contributed by atoms with E-state index in [1.54, 1.807) is 18.5 Å². The van der Waals surface area contributed by atoms with Gasteiger partial charge < -0.3 is 5.73 Å². The van der Waals surface area contributed by atoms with Gasteiger partial charge in [-0.3, -0.25) is 0 Å². The predicted molar refractivity (Wildman–Crippen MR) is 81.0 cm³/mol. The van der Waals surface area contributed by atoms with Crippen LogP contribution in [0.25, 0.3) is 0 Å². The van der Waals surface area contributed by atoms with E-state index in [2.05, 4.69) is 9.71 Å². The third kappa shape index (κ3) is 3.39. The maximum absolute atomic E-state index is 13.9. The number of benzene rings is 1. The summed E-state index contributed by atoms with van der Waals surface area (Å²) >= 11 is 1.34. The molecule has 114 valence electrons. The van der Waals surface area contributed by atoms with Crippen LogP contribution in [0, 0.1) is 12.7 Å². The van der Waals surface area contributed by atoms with E-state index in [9.17, 15) is 12.8 Å². The summed E-state index contributed by atoms with van der Waals surface area (Å²) < 4.78 is 41.1. The van der Waals surface area contributed by atoms with Crippen molar-refractivity contribution in [1.29, 1.82) is 0 Å². The van der Waals surface area contributed by atoms with Crippen molar-refractivity contribution in [2.24, 2.45) is 0 Å². The van der Waals surface area contributed by atoms with Crippen LogP contribution in [-0.2, 0) is 10.0 Å². The highest BCUT2D eigenvalue weighted by molar-refractivity contribution is 7.89. The highest BCUT2D eigenvalue weighted by Gasteiger charge is 2.25. The van der Waals surface area contributed by atoms with Crippen LogP contribution in [0.5, 0.6) is 0 Å². The Labute approximate surface area is 127 Å². The predicted octanol–water partition coefficient (Wildman–Crippen LogP) is 2.60. The van der Waals surface area contributed by atoms with Crippen molar-refractivity contribution >= 4 is 27.0 Å². The Morgan fingerprint density at radius 2 is 2.19 bits per heavy atom. The number of hydrogen-bond donors (Lipinski definition) is 2. The van der Waals surface area contributed by atoms with E-state index in [0.717, 1.165) is 12.1 Å². The van der Waals surface area contributed by atoms with E-state index in [1.165, 1.54) is 11.3 Å². The van der Waals surface area contributed by atoms with Crippen LogP contribution >= 0.6 is 11.3 Å². The van der Waals surface area contributed by atoms with Crippen LogP contribution in [0.1, 0.15) is 30.0 Å². The van der Waals surface area contributed by atoms with Crippen molar-refractivity contribution in [1.82, 2.24) is 9.71 Å². The first-order valence-corrected chi connectivity index (χ1v) is 8.68. The van der Waals surface area contributed by atoms with Crippen molar-refractivity contribution in [3.63, 3.8) is 0 Å². The molecule has 0 saturated carbocycles. The number of halogens is 1. The third-order valence-electron chi connectivity index (χ3n) is 3.07. The van der Waals surface area contributed by atoms with Gasteiger partial charge in [-0.15, -0.1) is 11.3 Å². The summed E-state index contributed by atoms with van der Waals surface area (Å²) in [5.74, 6) is -0.816. The summed E-state index contributed by atoms with van der Waals surface area (Å²) in [5, 5.41) is 2.40. The molecule has 0 bridgehead atoms. The zero-order chi connectivity index (χ0) is 15.6. The monoisotopic (exact) mass is 329 g/mol. The van der Waals surface area contributed by atoms with Gasteiger partial charge >= 0.3 is 0 Å². The van der Waals surface area contributed by atoms with Crippen LogP contribution in [0.15, 0.2) is 28.6 Å². The highest BCUT2D eigenvalue weighted by Crippen LogP contribution is 2.25. The molecule has 8 heteroatoms. The van der Waals surface area contributed by atoms with Gasteiger partial charge in [-0.25, -0.2) is 22.5 Å². The van der Waals surface area contributed by atoms with Gasteiger partial charge in [0, 0.05) is 17.3 Å². The Morgan fingerprint density at radius 1 is 1.48 bits per heavy atom. The van der Waals surface area contributed by atoms with Crippen molar-refractivity contribution in [2.75, 3.05) is 5.73 Å². The standard InChI is InChI=1S/C13H16FN3O2S2/c1-3-11(13-16-4-5-20-13)17-21(18,19)12-7-10(15)8(2)6-9(12)14/h4-7,11,17H,3,15H2,1-2H3. The molecule has 21 heavy (non-hydrogen) atoms. The lowest BCUT2D eigenvalue weighted by atomic mass is 10.2. The largest absolute Gasteiger partial charge is 0.398 e. The molecule has 1 heterocycles. The minimum Gasteiger partial charge on any atom is -0.398 e.